The molecule has 4 aromatic rings. The molecule has 0 radical (unpaired) electrons. The Morgan fingerprint density at radius 3 is 2.53 bits per heavy atom. The predicted molar refractivity (Wildman–Crippen MR) is 122 cm³/mol. The SMILES string of the molecule is COc1ccc(Nc2nc3cc(Oc4ccnc(CC(C)=O)c4)ccc3n2C)cc1OC. The van der Waals surface area contributed by atoms with E-state index >= 15 is 0 Å². The molecule has 0 spiro atoms. The minimum absolute atomic E-state index is 0.0547. The molecule has 2 aromatic heterocycles. The number of Topliss-reactive ketones (excluding diaryl/α,β-unsaturated/α-hetero) is 1. The van der Waals surface area contributed by atoms with E-state index in [1.54, 1.807) is 32.5 Å². The first kappa shape index (κ1) is 21.2. The lowest BCUT2D eigenvalue weighted by atomic mass is 10.2. The molecule has 0 amide bonds. The van der Waals surface area contributed by atoms with Gasteiger partial charge in [0.2, 0.25) is 5.95 Å². The smallest absolute Gasteiger partial charge is 0.208 e. The number of nitrogens with zero attached hydrogens (tertiary/aromatic N) is 3. The third-order valence-corrected chi connectivity index (χ3v) is 4.95. The Bertz CT molecular complexity index is 1280. The summed E-state index contributed by atoms with van der Waals surface area (Å²) in [6.07, 6.45) is 1.92. The molecule has 0 aliphatic heterocycles. The summed E-state index contributed by atoms with van der Waals surface area (Å²) in [5, 5.41) is 3.32. The van der Waals surface area contributed by atoms with Crippen molar-refractivity contribution in [2.24, 2.45) is 7.05 Å². The van der Waals surface area contributed by atoms with Crippen LogP contribution in [-0.4, -0.2) is 34.5 Å². The molecule has 164 valence electrons. The standard InChI is InChI=1S/C24H24N4O4/c1-15(29)11-17-12-19(9-10-25-17)32-18-6-7-21-20(14-18)27-24(28(21)2)26-16-5-8-22(30-3)23(13-16)31-4/h5-10,12-14H,11H2,1-4H3,(H,26,27). The predicted octanol–water partition coefficient (Wildman–Crippen LogP) is 4.65. The van der Waals surface area contributed by atoms with E-state index in [2.05, 4.69) is 10.3 Å². The van der Waals surface area contributed by atoms with Gasteiger partial charge in [-0.25, -0.2) is 4.98 Å². The van der Waals surface area contributed by atoms with Crippen molar-refractivity contribution in [3.63, 3.8) is 0 Å². The van der Waals surface area contributed by atoms with Gasteiger partial charge in [-0.3, -0.25) is 9.78 Å². The zero-order chi connectivity index (χ0) is 22.7. The van der Waals surface area contributed by atoms with Crippen LogP contribution in [0.2, 0.25) is 0 Å². The molecule has 1 N–H and O–H groups in total. The van der Waals surface area contributed by atoms with Gasteiger partial charge in [0, 0.05) is 43.6 Å². The second-order valence-electron chi connectivity index (χ2n) is 7.30. The first-order valence-corrected chi connectivity index (χ1v) is 10.0. The summed E-state index contributed by atoms with van der Waals surface area (Å²) in [5.41, 5.74) is 3.24. The normalized spacial score (nSPS) is 10.8. The van der Waals surface area contributed by atoms with Crippen LogP contribution in [0, 0.1) is 0 Å². The Labute approximate surface area is 185 Å². The van der Waals surface area contributed by atoms with Gasteiger partial charge in [0.1, 0.15) is 17.3 Å². The number of ether oxygens (including phenoxy) is 3. The highest BCUT2D eigenvalue weighted by molar-refractivity contribution is 5.81. The number of imidazole rings is 1. The Morgan fingerprint density at radius 1 is 1.00 bits per heavy atom. The number of pyridine rings is 1. The average molecular weight is 432 g/mol. The zero-order valence-electron chi connectivity index (χ0n) is 18.4. The van der Waals surface area contributed by atoms with Gasteiger partial charge < -0.3 is 24.1 Å². The first-order chi connectivity index (χ1) is 15.5. The number of fused-ring (bicyclic) bond motifs is 1. The molecule has 8 heteroatoms. The molecular formula is C24H24N4O4. The van der Waals surface area contributed by atoms with E-state index < -0.39 is 0 Å². The third kappa shape index (κ3) is 4.49. The van der Waals surface area contributed by atoms with E-state index in [4.69, 9.17) is 19.2 Å². The number of aryl methyl sites for hydroxylation is 1. The Balaban J connectivity index is 1.58. The lowest BCUT2D eigenvalue weighted by molar-refractivity contribution is -0.116. The number of carbonyl (C=O) groups excluding carboxylic acids is 1. The molecule has 0 atom stereocenters. The number of hydrogen-bond acceptors (Lipinski definition) is 7. The van der Waals surface area contributed by atoms with Crippen LogP contribution < -0.4 is 19.5 Å². The van der Waals surface area contributed by atoms with Crippen LogP contribution in [0.4, 0.5) is 11.6 Å². The average Bonchev–Trinajstić information content (AvgIpc) is 3.08. The number of ketones is 1. The summed E-state index contributed by atoms with van der Waals surface area (Å²) < 4.78 is 18.6. The molecule has 2 heterocycles. The van der Waals surface area contributed by atoms with E-state index in [0.29, 0.717) is 34.6 Å². The molecule has 8 nitrogen and oxygen atoms in total. The highest BCUT2D eigenvalue weighted by Gasteiger charge is 2.12. The fourth-order valence-electron chi connectivity index (χ4n) is 3.41. The van der Waals surface area contributed by atoms with Crippen LogP contribution in [0.5, 0.6) is 23.0 Å². The second-order valence-corrected chi connectivity index (χ2v) is 7.30. The molecule has 0 fully saturated rings. The van der Waals surface area contributed by atoms with E-state index in [9.17, 15) is 4.79 Å². The van der Waals surface area contributed by atoms with Crippen molar-refractivity contribution in [1.29, 1.82) is 0 Å². The van der Waals surface area contributed by atoms with Crippen LogP contribution in [0.3, 0.4) is 0 Å². The number of methoxy groups -OCH3 is 2. The third-order valence-electron chi connectivity index (χ3n) is 4.95. The lowest BCUT2D eigenvalue weighted by Gasteiger charge is -2.11. The van der Waals surface area contributed by atoms with Crippen LogP contribution in [0.15, 0.2) is 54.7 Å². The summed E-state index contributed by atoms with van der Waals surface area (Å²) in [7, 11) is 5.14. The van der Waals surface area contributed by atoms with E-state index in [-0.39, 0.29) is 12.2 Å². The van der Waals surface area contributed by atoms with Gasteiger partial charge in [-0.1, -0.05) is 0 Å². The summed E-state index contributed by atoms with van der Waals surface area (Å²) in [6, 6.07) is 14.8. The van der Waals surface area contributed by atoms with Gasteiger partial charge >= 0.3 is 0 Å². The Morgan fingerprint density at radius 2 is 1.78 bits per heavy atom. The molecule has 0 aliphatic rings. The number of carbonyl (C=O) groups is 1. The Hall–Kier alpha value is -4.07. The van der Waals surface area contributed by atoms with E-state index in [1.165, 1.54) is 6.92 Å². The monoisotopic (exact) mass is 432 g/mol. The zero-order valence-corrected chi connectivity index (χ0v) is 18.4. The van der Waals surface area contributed by atoms with Crippen molar-refractivity contribution in [3.05, 3.63) is 60.4 Å². The lowest BCUT2D eigenvalue weighted by Crippen LogP contribution is -2.00. The minimum Gasteiger partial charge on any atom is -0.493 e. The second kappa shape index (κ2) is 8.97. The fraction of sp³-hybridized carbons (Fsp3) is 0.208. The largest absolute Gasteiger partial charge is 0.493 e. The van der Waals surface area contributed by atoms with Gasteiger partial charge in [-0.2, -0.15) is 0 Å². The maximum atomic E-state index is 11.4. The summed E-state index contributed by atoms with van der Waals surface area (Å²) in [5.74, 6) is 3.29. The number of benzene rings is 2. The van der Waals surface area contributed by atoms with Crippen LogP contribution >= 0.6 is 0 Å². The van der Waals surface area contributed by atoms with E-state index in [0.717, 1.165) is 16.7 Å². The summed E-state index contributed by atoms with van der Waals surface area (Å²) >= 11 is 0. The maximum Gasteiger partial charge on any atom is 0.208 e. The topological polar surface area (TPSA) is 87.5 Å². The number of anilines is 2. The van der Waals surface area contributed by atoms with Gasteiger partial charge in [-0.15, -0.1) is 0 Å². The van der Waals surface area contributed by atoms with Crippen LogP contribution in [0.1, 0.15) is 12.6 Å². The maximum absolute atomic E-state index is 11.4. The molecule has 4 rings (SSSR count). The fourth-order valence-corrected chi connectivity index (χ4v) is 3.41. The highest BCUT2D eigenvalue weighted by Crippen LogP contribution is 2.32. The molecule has 0 saturated carbocycles. The molecule has 0 saturated heterocycles. The molecule has 32 heavy (non-hydrogen) atoms. The number of aromatic nitrogens is 3. The first-order valence-electron chi connectivity index (χ1n) is 10.0. The van der Waals surface area contributed by atoms with Gasteiger partial charge in [0.15, 0.2) is 11.5 Å². The van der Waals surface area contributed by atoms with Crippen molar-refractivity contribution >= 4 is 28.5 Å². The number of rotatable bonds is 8. The number of nitrogens with one attached hydrogen (secondary N) is 1. The Kier molecular flexibility index (Phi) is 5.93. The van der Waals surface area contributed by atoms with Crippen molar-refractivity contribution < 1.29 is 19.0 Å². The van der Waals surface area contributed by atoms with Crippen LogP contribution in [-0.2, 0) is 18.3 Å². The van der Waals surface area contributed by atoms with Crippen molar-refractivity contribution in [2.45, 2.75) is 13.3 Å². The highest BCUT2D eigenvalue weighted by atomic mass is 16.5. The van der Waals surface area contributed by atoms with Gasteiger partial charge in [0.25, 0.3) is 0 Å². The quantitative estimate of drug-likeness (QED) is 0.433. The van der Waals surface area contributed by atoms with E-state index in [1.807, 2.05) is 48.0 Å². The molecule has 0 bridgehead atoms. The van der Waals surface area contributed by atoms with Crippen molar-refractivity contribution in [1.82, 2.24) is 14.5 Å². The molecule has 2 aromatic carbocycles. The molecule has 0 aliphatic carbocycles. The van der Waals surface area contributed by atoms with Gasteiger partial charge in [0.05, 0.1) is 30.9 Å². The van der Waals surface area contributed by atoms with Gasteiger partial charge in [-0.05, 0) is 37.3 Å². The molecule has 0 unspecified atom stereocenters. The summed E-state index contributed by atoms with van der Waals surface area (Å²) in [4.78, 5) is 20.3. The summed E-state index contributed by atoms with van der Waals surface area (Å²) in [6.45, 7) is 1.54. The van der Waals surface area contributed by atoms with Crippen molar-refractivity contribution in [2.75, 3.05) is 19.5 Å². The van der Waals surface area contributed by atoms with Crippen molar-refractivity contribution in [3.8, 4) is 23.0 Å². The van der Waals surface area contributed by atoms with Crippen LogP contribution in [0.25, 0.3) is 11.0 Å². The minimum atomic E-state index is 0.0547. The number of hydrogen-bond donors (Lipinski definition) is 1. The molecular weight excluding hydrogens is 408 g/mol.